The molecular weight excluding hydrogens is 470 g/mol. The van der Waals surface area contributed by atoms with Gasteiger partial charge in [0.2, 0.25) is 20.0 Å². The molecule has 0 aliphatic heterocycles. The first-order valence-corrected chi connectivity index (χ1v) is 13.7. The van der Waals surface area contributed by atoms with Crippen LogP contribution in [-0.4, -0.2) is 74.1 Å². The zero-order chi connectivity index (χ0) is 24.6. The highest BCUT2D eigenvalue weighted by Crippen LogP contribution is 2.24. The van der Waals surface area contributed by atoms with Crippen molar-refractivity contribution in [3.05, 3.63) is 53.6 Å². The zero-order valence-electron chi connectivity index (χ0n) is 19.0. The predicted molar refractivity (Wildman–Crippen MR) is 128 cm³/mol. The van der Waals surface area contributed by atoms with E-state index in [-0.39, 0.29) is 11.3 Å². The average molecular weight is 500 g/mol. The maximum absolute atomic E-state index is 12.1. The molecule has 0 amide bonds. The molecule has 33 heavy (non-hydrogen) atoms. The fourth-order valence-corrected chi connectivity index (χ4v) is 4.02. The minimum atomic E-state index is -3.49. The van der Waals surface area contributed by atoms with Crippen LogP contribution in [0.25, 0.3) is 0 Å². The van der Waals surface area contributed by atoms with Crippen molar-refractivity contribution in [2.45, 2.75) is 6.42 Å². The summed E-state index contributed by atoms with van der Waals surface area (Å²) >= 11 is 0. The van der Waals surface area contributed by atoms with Crippen LogP contribution in [0.3, 0.4) is 0 Å². The van der Waals surface area contributed by atoms with Crippen LogP contribution in [0.15, 0.2) is 42.5 Å². The number of carbonyl (C=O) groups excluding carboxylic acids is 1. The van der Waals surface area contributed by atoms with E-state index in [0.29, 0.717) is 24.6 Å². The number of sulfonamides is 2. The van der Waals surface area contributed by atoms with Gasteiger partial charge >= 0.3 is 5.97 Å². The van der Waals surface area contributed by atoms with E-state index in [4.69, 9.17) is 9.47 Å². The first kappa shape index (κ1) is 26.4. The van der Waals surface area contributed by atoms with E-state index in [1.165, 1.54) is 25.3 Å². The first-order valence-electron chi connectivity index (χ1n) is 9.94. The number of anilines is 2. The normalized spacial score (nSPS) is 11.8. The molecule has 0 aromatic heterocycles. The lowest BCUT2D eigenvalue weighted by atomic mass is 10.1. The summed E-state index contributed by atoms with van der Waals surface area (Å²) in [6.07, 6.45) is 2.88. The van der Waals surface area contributed by atoms with Crippen LogP contribution in [0.2, 0.25) is 0 Å². The third-order valence-corrected chi connectivity index (χ3v) is 5.67. The third-order valence-electron chi connectivity index (χ3n) is 4.46. The molecule has 0 saturated carbocycles. The molecule has 0 fully saturated rings. The fourth-order valence-electron chi connectivity index (χ4n) is 2.90. The van der Waals surface area contributed by atoms with Gasteiger partial charge in [0.05, 0.1) is 19.6 Å². The van der Waals surface area contributed by atoms with E-state index in [9.17, 15) is 21.6 Å². The second-order valence-electron chi connectivity index (χ2n) is 7.55. The smallest absolute Gasteiger partial charge is 0.341 e. The number of hydrogen-bond donors (Lipinski definition) is 2. The highest BCUT2D eigenvalue weighted by molar-refractivity contribution is 7.92. The predicted octanol–water partition coefficient (Wildman–Crippen LogP) is 1.77. The molecule has 0 heterocycles. The summed E-state index contributed by atoms with van der Waals surface area (Å²) in [4.78, 5) is 14.1. The molecular formula is C21H29N3O7S2. The molecule has 0 bridgehead atoms. The van der Waals surface area contributed by atoms with Gasteiger partial charge in [0.1, 0.15) is 17.9 Å². The molecule has 0 aliphatic rings. The van der Waals surface area contributed by atoms with Gasteiger partial charge in [-0.15, -0.1) is 0 Å². The van der Waals surface area contributed by atoms with Gasteiger partial charge in [-0.1, -0.05) is 12.1 Å². The molecule has 2 aromatic rings. The van der Waals surface area contributed by atoms with Gasteiger partial charge in [-0.2, -0.15) is 0 Å². The minimum absolute atomic E-state index is 0.122. The highest BCUT2D eigenvalue weighted by Gasteiger charge is 2.16. The summed E-state index contributed by atoms with van der Waals surface area (Å²) in [6, 6.07) is 11.6. The Morgan fingerprint density at radius 1 is 0.909 bits per heavy atom. The second kappa shape index (κ2) is 11.3. The van der Waals surface area contributed by atoms with Crippen molar-refractivity contribution in [2.75, 3.05) is 55.8 Å². The molecule has 0 radical (unpaired) electrons. The topological polar surface area (TPSA) is 131 Å². The third kappa shape index (κ3) is 9.68. The minimum Gasteiger partial charge on any atom is -0.491 e. The Bertz CT molecular complexity index is 1160. The van der Waals surface area contributed by atoms with Crippen LogP contribution >= 0.6 is 0 Å². The van der Waals surface area contributed by atoms with E-state index in [0.717, 1.165) is 31.0 Å². The Kier molecular flexibility index (Phi) is 9.08. The highest BCUT2D eigenvalue weighted by atomic mass is 32.2. The molecule has 182 valence electrons. The molecule has 2 N–H and O–H groups in total. The Labute approximate surface area is 195 Å². The molecule has 12 heteroatoms. The van der Waals surface area contributed by atoms with Crippen molar-refractivity contribution in [2.24, 2.45) is 0 Å². The van der Waals surface area contributed by atoms with E-state index in [2.05, 4.69) is 14.3 Å². The van der Waals surface area contributed by atoms with Crippen molar-refractivity contribution < 1.29 is 31.1 Å². The van der Waals surface area contributed by atoms with E-state index in [1.807, 2.05) is 19.2 Å². The summed E-state index contributed by atoms with van der Waals surface area (Å²) in [5, 5.41) is 0. The van der Waals surface area contributed by atoms with E-state index >= 15 is 0 Å². The van der Waals surface area contributed by atoms with Gasteiger partial charge in [0.15, 0.2) is 0 Å². The van der Waals surface area contributed by atoms with Gasteiger partial charge in [-0.25, -0.2) is 21.6 Å². The standard InChI is InChI=1S/C21H29N3O7S2/c1-24(12-11-16-5-7-17(8-6-16)22-32(3,26)27)13-14-31-20-10-9-18(23-33(4,28)29)15-19(20)21(25)30-2/h5-10,15,22-23H,11-14H2,1-4H3. The Hall–Kier alpha value is -2.83. The number of likely N-dealkylation sites (N-methyl/N-ethyl adjacent to an activating group) is 1. The fraction of sp³-hybridized carbons (Fsp3) is 0.381. The van der Waals surface area contributed by atoms with Gasteiger partial charge in [-0.05, 0) is 49.4 Å². The van der Waals surface area contributed by atoms with Crippen molar-refractivity contribution in [1.29, 1.82) is 0 Å². The summed E-state index contributed by atoms with van der Waals surface area (Å²) in [7, 11) is -3.62. The zero-order valence-corrected chi connectivity index (χ0v) is 20.6. The van der Waals surface area contributed by atoms with Gasteiger partial charge in [-0.3, -0.25) is 9.44 Å². The van der Waals surface area contributed by atoms with Crippen LogP contribution in [0.4, 0.5) is 11.4 Å². The van der Waals surface area contributed by atoms with Crippen LogP contribution in [-0.2, 0) is 31.2 Å². The number of esters is 1. The monoisotopic (exact) mass is 499 g/mol. The molecule has 2 aromatic carbocycles. The van der Waals surface area contributed by atoms with Crippen molar-refractivity contribution in [1.82, 2.24) is 4.90 Å². The van der Waals surface area contributed by atoms with Crippen molar-refractivity contribution in [3.63, 3.8) is 0 Å². The van der Waals surface area contributed by atoms with E-state index in [1.54, 1.807) is 12.1 Å². The summed E-state index contributed by atoms with van der Waals surface area (Å²) < 4.78 is 60.6. The Morgan fingerprint density at radius 2 is 1.48 bits per heavy atom. The summed E-state index contributed by atoms with van der Waals surface area (Å²) in [5.74, 6) is -0.340. The molecule has 0 aliphatic carbocycles. The van der Waals surface area contributed by atoms with Gasteiger partial charge in [0, 0.05) is 24.5 Å². The van der Waals surface area contributed by atoms with Crippen LogP contribution in [0.1, 0.15) is 15.9 Å². The maximum atomic E-state index is 12.1. The number of nitrogens with zero attached hydrogens (tertiary/aromatic N) is 1. The quantitative estimate of drug-likeness (QED) is 0.423. The Morgan fingerprint density at radius 3 is 2.06 bits per heavy atom. The number of methoxy groups -OCH3 is 1. The first-order chi connectivity index (χ1) is 15.4. The van der Waals surface area contributed by atoms with Crippen LogP contribution in [0, 0.1) is 0 Å². The van der Waals surface area contributed by atoms with Crippen LogP contribution in [0.5, 0.6) is 5.75 Å². The number of benzene rings is 2. The van der Waals surface area contributed by atoms with Gasteiger partial charge < -0.3 is 14.4 Å². The van der Waals surface area contributed by atoms with E-state index < -0.39 is 26.0 Å². The summed E-state index contributed by atoms with van der Waals surface area (Å²) in [6.45, 7) is 1.62. The summed E-state index contributed by atoms with van der Waals surface area (Å²) in [5.41, 5.74) is 1.93. The molecule has 0 unspecified atom stereocenters. The SMILES string of the molecule is COC(=O)c1cc(NS(C)(=O)=O)ccc1OCCN(C)CCc1ccc(NS(C)(=O)=O)cc1. The lowest BCUT2D eigenvalue weighted by Crippen LogP contribution is -2.26. The van der Waals surface area contributed by atoms with Gasteiger partial charge in [0.25, 0.3) is 0 Å². The Balaban J connectivity index is 1.89. The molecule has 0 spiro atoms. The average Bonchev–Trinajstić information content (AvgIpc) is 2.71. The van der Waals surface area contributed by atoms with Crippen molar-refractivity contribution >= 4 is 37.4 Å². The largest absolute Gasteiger partial charge is 0.491 e. The molecule has 10 nitrogen and oxygen atoms in total. The number of hydrogen-bond acceptors (Lipinski definition) is 8. The lowest BCUT2D eigenvalue weighted by molar-refractivity contribution is 0.0595. The molecule has 0 atom stereocenters. The maximum Gasteiger partial charge on any atom is 0.341 e. The molecule has 2 rings (SSSR count). The van der Waals surface area contributed by atoms with Crippen molar-refractivity contribution in [3.8, 4) is 5.75 Å². The number of nitrogens with one attached hydrogen (secondary N) is 2. The van der Waals surface area contributed by atoms with Crippen LogP contribution < -0.4 is 14.2 Å². The molecule has 0 saturated heterocycles. The number of ether oxygens (including phenoxy) is 2. The second-order valence-corrected chi connectivity index (χ2v) is 11.0. The lowest BCUT2D eigenvalue weighted by Gasteiger charge is -2.18. The number of rotatable bonds is 12. The number of carbonyl (C=O) groups is 1.